The van der Waals surface area contributed by atoms with E-state index in [1.165, 1.54) is 0 Å². The van der Waals surface area contributed by atoms with Crippen LogP contribution < -0.4 is 4.74 Å². The highest BCUT2D eigenvalue weighted by molar-refractivity contribution is 6.18. The first kappa shape index (κ1) is 17.3. The number of methoxy groups -OCH3 is 1. The van der Waals surface area contributed by atoms with Crippen molar-refractivity contribution in [2.24, 2.45) is 0 Å². The zero-order valence-corrected chi connectivity index (χ0v) is 14.9. The summed E-state index contributed by atoms with van der Waals surface area (Å²) in [4.78, 5) is 0. The Morgan fingerprint density at radius 1 is 1.00 bits per heavy atom. The van der Waals surface area contributed by atoms with Gasteiger partial charge in [-0.25, -0.2) is 4.74 Å². The van der Waals surface area contributed by atoms with Gasteiger partial charge in [0.2, 0.25) is 5.71 Å². The van der Waals surface area contributed by atoms with Gasteiger partial charge in [-0.05, 0) is 41.1 Å². The highest BCUT2D eigenvalue weighted by atomic mass is 35.5. The molecule has 0 atom stereocenters. The van der Waals surface area contributed by atoms with Crippen LogP contribution in [-0.4, -0.2) is 30.0 Å². The molecule has 3 rings (SSSR count). The van der Waals surface area contributed by atoms with E-state index in [1.54, 1.807) is 7.11 Å². The maximum absolute atomic E-state index is 12.9. The maximum Gasteiger partial charge on any atom is 0.226 e. The molecule has 0 saturated heterocycles. The lowest BCUT2D eigenvalue weighted by Gasteiger charge is -2.14. The Balaban J connectivity index is 2.19. The van der Waals surface area contributed by atoms with E-state index in [4.69, 9.17) is 16.3 Å². The van der Waals surface area contributed by atoms with Crippen molar-refractivity contribution in [1.29, 1.82) is 0 Å². The second-order valence-electron chi connectivity index (χ2n) is 5.75. The van der Waals surface area contributed by atoms with E-state index in [0.717, 1.165) is 32.4 Å². The first-order valence-electron chi connectivity index (χ1n) is 8.24. The van der Waals surface area contributed by atoms with Gasteiger partial charge in [0.1, 0.15) is 5.75 Å². The van der Waals surface area contributed by atoms with Crippen LogP contribution in [0.25, 0.3) is 10.8 Å². The first-order chi connectivity index (χ1) is 12.2. The molecule has 0 spiro atoms. The number of hydrogen-bond donors (Lipinski definition) is 0. The normalized spacial score (nSPS) is 12.1. The van der Waals surface area contributed by atoms with Gasteiger partial charge in [0.05, 0.1) is 12.7 Å². The van der Waals surface area contributed by atoms with Crippen LogP contribution in [0.1, 0.15) is 17.5 Å². The monoisotopic (exact) mass is 353 g/mol. The van der Waals surface area contributed by atoms with E-state index in [9.17, 15) is 5.21 Å². The number of nitrogens with zero attached hydrogens (tertiary/aromatic N) is 1. The topological polar surface area (TPSA) is 35.3 Å². The SMILES string of the molecule is COc1ccc(/C(c2cccc3ccccc23)=[N+](\[O-])CCCCl)cc1. The fourth-order valence-corrected chi connectivity index (χ4v) is 3.05. The lowest BCUT2D eigenvalue weighted by Crippen LogP contribution is -2.20. The molecule has 0 bridgehead atoms. The largest absolute Gasteiger partial charge is 0.623 e. The van der Waals surface area contributed by atoms with Crippen LogP contribution in [0.4, 0.5) is 0 Å². The van der Waals surface area contributed by atoms with Crippen molar-refractivity contribution in [3.63, 3.8) is 0 Å². The average molecular weight is 354 g/mol. The van der Waals surface area contributed by atoms with E-state index in [0.29, 0.717) is 24.6 Å². The minimum absolute atomic E-state index is 0.355. The number of hydroxylamine groups is 1. The Morgan fingerprint density at radius 2 is 1.72 bits per heavy atom. The van der Waals surface area contributed by atoms with Gasteiger partial charge < -0.3 is 9.94 Å². The molecule has 0 aliphatic heterocycles. The molecule has 0 N–H and O–H groups in total. The predicted octanol–water partition coefficient (Wildman–Crippen LogP) is 4.83. The number of alkyl halides is 1. The molecule has 0 saturated carbocycles. The van der Waals surface area contributed by atoms with E-state index in [1.807, 2.05) is 54.6 Å². The van der Waals surface area contributed by atoms with Crippen LogP contribution in [0.5, 0.6) is 5.75 Å². The fourth-order valence-electron chi connectivity index (χ4n) is 2.93. The Morgan fingerprint density at radius 3 is 2.44 bits per heavy atom. The molecule has 0 unspecified atom stereocenters. The molecule has 0 aliphatic rings. The Hall–Kier alpha value is -2.52. The highest BCUT2D eigenvalue weighted by Crippen LogP contribution is 2.23. The lowest BCUT2D eigenvalue weighted by molar-refractivity contribution is -0.456. The molecule has 0 fully saturated rings. The summed E-state index contributed by atoms with van der Waals surface area (Å²) in [6.07, 6.45) is 0.634. The lowest BCUT2D eigenvalue weighted by atomic mass is 9.96. The zero-order chi connectivity index (χ0) is 17.6. The van der Waals surface area contributed by atoms with Crippen LogP contribution in [0.3, 0.4) is 0 Å². The first-order valence-corrected chi connectivity index (χ1v) is 8.78. The van der Waals surface area contributed by atoms with Crippen LogP contribution in [-0.2, 0) is 0 Å². The van der Waals surface area contributed by atoms with Crippen LogP contribution in [0.2, 0.25) is 0 Å². The summed E-state index contributed by atoms with van der Waals surface area (Å²) in [6.45, 7) is 0.355. The molecule has 3 nitrogen and oxygen atoms in total. The predicted molar refractivity (Wildman–Crippen MR) is 104 cm³/mol. The van der Waals surface area contributed by atoms with Crippen molar-refractivity contribution in [1.82, 2.24) is 0 Å². The number of halogens is 1. The van der Waals surface area contributed by atoms with Gasteiger partial charge in [0, 0.05) is 17.9 Å². The quantitative estimate of drug-likeness (QED) is 0.209. The summed E-state index contributed by atoms with van der Waals surface area (Å²) >= 11 is 5.79. The minimum Gasteiger partial charge on any atom is -0.623 e. The Kier molecular flexibility index (Phi) is 5.56. The molecule has 25 heavy (non-hydrogen) atoms. The molecule has 0 amide bonds. The molecule has 0 radical (unpaired) electrons. The summed E-state index contributed by atoms with van der Waals surface area (Å²) in [6, 6.07) is 21.7. The van der Waals surface area contributed by atoms with Crippen molar-refractivity contribution in [2.75, 3.05) is 19.5 Å². The number of ether oxygens (including phenoxy) is 1. The third-order valence-corrected chi connectivity index (χ3v) is 4.42. The molecule has 0 aromatic heterocycles. The Bertz CT molecular complexity index is 883. The number of hydrogen-bond acceptors (Lipinski definition) is 2. The molecule has 0 heterocycles. The zero-order valence-electron chi connectivity index (χ0n) is 14.1. The highest BCUT2D eigenvalue weighted by Gasteiger charge is 2.18. The number of benzene rings is 3. The molecule has 0 aliphatic carbocycles. The maximum atomic E-state index is 12.9. The van der Waals surface area contributed by atoms with Gasteiger partial charge in [-0.1, -0.05) is 36.4 Å². The standard InChI is InChI=1S/C21H20ClNO2/c1-25-18-12-10-17(11-13-18)21(23(24)15-5-14-22)20-9-4-7-16-6-2-3-8-19(16)20/h2-4,6-13H,5,14-15H2,1H3/b23-21+. The molecule has 128 valence electrons. The van der Waals surface area contributed by atoms with Gasteiger partial charge in [0.25, 0.3) is 0 Å². The molecule has 4 heteroatoms. The summed E-state index contributed by atoms with van der Waals surface area (Å²) in [5, 5.41) is 15.1. The van der Waals surface area contributed by atoms with Crippen LogP contribution in [0, 0.1) is 5.21 Å². The average Bonchev–Trinajstić information content (AvgIpc) is 2.67. The number of fused-ring (bicyclic) bond motifs is 1. The smallest absolute Gasteiger partial charge is 0.226 e. The second-order valence-corrected chi connectivity index (χ2v) is 6.13. The van der Waals surface area contributed by atoms with E-state index in [-0.39, 0.29) is 0 Å². The van der Waals surface area contributed by atoms with Crippen LogP contribution >= 0.6 is 11.6 Å². The Labute approximate surface area is 152 Å². The summed E-state index contributed by atoms with van der Waals surface area (Å²) in [7, 11) is 1.63. The van der Waals surface area contributed by atoms with E-state index < -0.39 is 0 Å². The van der Waals surface area contributed by atoms with Crippen LogP contribution in [0.15, 0.2) is 66.7 Å². The van der Waals surface area contributed by atoms with Gasteiger partial charge in [-0.2, -0.15) is 0 Å². The third kappa shape index (κ3) is 3.77. The number of rotatable bonds is 6. The van der Waals surface area contributed by atoms with E-state index in [2.05, 4.69) is 12.1 Å². The van der Waals surface area contributed by atoms with Crippen molar-refractivity contribution in [2.45, 2.75) is 6.42 Å². The summed E-state index contributed by atoms with van der Waals surface area (Å²) in [5.74, 6) is 1.23. The second kappa shape index (κ2) is 8.04. The summed E-state index contributed by atoms with van der Waals surface area (Å²) < 4.78 is 6.28. The molecule has 3 aromatic rings. The van der Waals surface area contributed by atoms with Gasteiger partial charge in [0.15, 0.2) is 6.54 Å². The van der Waals surface area contributed by atoms with Gasteiger partial charge in [-0.15, -0.1) is 11.6 Å². The van der Waals surface area contributed by atoms with Gasteiger partial charge in [-0.3, -0.25) is 0 Å². The van der Waals surface area contributed by atoms with Crippen molar-refractivity contribution in [3.8, 4) is 5.75 Å². The van der Waals surface area contributed by atoms with Crippen molar-refractivity contribution < 1.29 is 9.48 Å². The molecule has 3 aromatic carbocycles. The minimum atomic E-state index is 0.355. The fraction of sp³-hybridized carbons (Fsp3) is 0.190. The van der Waals surface area contributed by atoms with Crippen molar-refractivity contribution in [3.05, 3.63) is 83.1 Å². The molecular formula is C21H20ClNO2. The van der Waals surface area contributed by atoms with Crippen molar-refractivity contribution >= 4 is 28.1 Å². The summed E-state index contributed by atoms with van der Waals surface area (Å²) in [5.41, 5.74) is 2.44. The van der Waals surface area contributed by atoms with E-state index >= 15 is 0 Å². The third-order valence-electron chi connectivity index (χ3n) is 4.15. The van der Waals surface area contributed by atoms with Gasteiger partial charge >= 0.3 is 0 Å². The molecular weight excluding hydrogens is 334 g/mol.